The molecule has 0 heterocycles. The van der Waals surface area contributed by atoms with Crippen molar-refractivity contribution in [3.8, 4) is 17.2 Å². The van der Waals surface area contributed by atoms with Gasteiger partial charge in [0, 0.05) is 24.3 Å². The monoisotopic (exact) mass is 444 g/mol. The highest BCUT2D eigenvalue weighted by Crippen LogP contribution is 2.51. The smallest absolute Gasteiger partial charge is 0.386 e. The highest BCUT2D eigenvalue weighted by molar-refractivity contribution is 7.49. The SMILES string of the molecule is Cc1cccc(C)c1OP(=O)(Oc1ccc([N+](=O)[O-])cc1)Oc1ccc([N+](=O)[O-])cc1. The molecule has 0 atom stereocenters. The highest BCUT2D eigenvalue weighted by atomic mass is 31.2. The molecule has 0 aliphatic heterocycles. The number of phosphoric ester groups is 1. The number of nitro benzene ring substituents is 2. The second kappa shape index (κ2) is 8.85. The van der Waals surface area contributed by atoms with Crippen LogP contribution in [-0.2, 0) is 4.57 Å². The second-order valence-corrected chi connectivity index (χ2v) is 7.89. The Morgan fingerprint density at radius 3 is 1.42 bits per heavy atom. The van der Waals surface area contributed by atoms with Crippen LogP contribution in [0.1, 0.15) is 11.1 Å². The number of nitrogens with zero attached hydrogens (tertiary/aromatic N) is 2. The van der Waals surface area contributed by atoms with Gasteiger partial charge in [-0.15, -0.1) is 0 Å². The van der Waals surface area contributed by atoms with Crippen LogP contribution >= 0.6 is 7.82 Å². The summed E-state index contributed by atoms with van der Waals surface area (Å²) in [6.07, 6.45) is 0. The van der Waals surface area contributed by atoms with Crippen LogP contribution in [0.25, 0.3) is 0 Å². The Morgan fingerprint density at radius 1 is 0.677 bits per heavy atom. The van der Waals surface area contributed by atoms with Crippen molar-refractivity contribution < 1.29 is 28.0 Å². The number of aryl methyl sites for hydroxylation is 2. The minimum Gasteiger partial charge on any atom is -0.386 e. The van der Waals surface area contributed by atoms with Gasteiger partial charge in [-0.3, -0.25) is 20.2 Å². The lowest BCUT2D eigenvalue weighted by Crippen LogP contribution is -2.09. The lowest BCUT2D eigenvalue weighted by Gasteiger charge is -2.21. The van der Waals surface area contributed by atoms with Gasteiger partial charge in [0.2, 0.25) is 0 Å². The first kappa shape index (κ1) is 21.8. The van der Waals surface area contributed by atoms with Crippen LogP contribution in [0, 0.1) is 34.1 Å². The van der Waals surface area contributed by atoms with E-state index in [-0.39, 0.29) is 28.6 Å². The Kier molecular flexibility index (Phi) is 6.22. The van der Waals surface area contributed by atoms with Crippen LogP contribution < -0.4 is 13.6 Å². The quantitative estimate of drug-likeness (QED) is 0.243. The summed E-state index contributed by atoms with van der Waals surface area (Å²) in [5.74, 6) is 0.318. The first-order valence-corrected chi connectivity index (χ1v) is 10.4. The summed E-state index contributed by atoms with van der Waals surface area (Å²) < 4.78 is 30.2. The third-order valence-electron chi connectivity index (χ3n) is 4.14. The van der Waals surface area contributed by atoms with Gasteiger partial charge >= 0.3 is 7.82 Å². The van der Waals surface area contributed by atoms with Crippen molar-refractivity contribution >= 4 is 19.2 Å². The molecule has 0 unspecified atom stereocenters. The molecule has 0 amide bonds. The summed E-state index contributed by atoms with van der Waals surface area (Å²) >= 11 is 0. The van der Waals surface area contributed by atoms with Crippen LogP contribution in [0.5, 0.6) is 17.2 Å². The minimum absolute atomic E-state index is 0.0158. The maximum atomic E-state index is 13.5. The van der Waals surface area contributed by atoms with Gasteiger partial charge in [0.1, 0.15) is 17.2 Å². The largest absolute Gasteiger partial charge is 0.647 e. The fourth-order valence-electron chi connectivity index (χ4n) is 2.63. The number of nitro groups is 2. The molecule has 160 valence electrons. The van der Waals surface area contributed by atoms with Crippen molar-refractivity contribution in [1.29, 1.82) is 0 Å². The molecule has 0 saturated carbocycles. The average molecular weight is 444 g/mol. The van der Waals surface area contributed by atoms with Crippen molar-refractivity contribution in [2.75, 3.05) is 0 Å². The number of benzene rings is 3. The van der Waals surface area contributed by atoms with E-state index >= 15 is 0 Å². The van der Waals surface area contributed by atoms with E-state index in [1.54, 1.807) is 32.0 Å². The number of hydrogen-bond acceptors (Lipinski definition) is 8. The molecule has 0 aliphatic rings. The lowest BCUT2D eigenvalue weighted by molar-refractivity contribution is -0.385. The van der Waals surface area contributed by atoms with Crippen LogP contribution in [0.15, 0.2) is 66.7 Å². The zero-order chi connectivity index (χ0) is 22.6. The van der Waals surface area contributed by atoms with Gasteiger partial charge < -0.3 is 13.6 Å². The first-order chi connectivity index (χ1) is 14.7. The summed E-state index contributed by atoms with van der Waals surface area (Å²) in [4.78, 5) is 20.5. The number of hydrogen-bond donors (Lipinski definition) is 0. The Morgan fingerprint density at radius 2 is 1.06 bits per heavy atom. The van der Waals surface area contributed by atoms with E-state index in [4.69, 9.17) is 13.6 Å². The molecule has 3 aromatic rings. The summed E-state index contributed by atoms with van der Waals surface area (Å²) in [6.45, 7) is 3.51. The van der Waals surface area contributed by atoms with Gasteiger partial charge in [-0.25, -0.2) is 0 Å². The fraction of sp³-hybridized carbons (Fsp3) is 0.100. The molecule has 0 bridgehead atoms. The van der Waals surface area contributed by atoms with E-state index in [0.29, 0.717) is 11.1 Å². The summed E-state index contributed by atoms with van der Waals surface area (Å²) in [6, 6.07) is 15.1. The Hall–Kier alpha value is -3.91. The fourth-order valence-corrected chi connectivity index (χ4v) is 4.01. The minimum atomic E-state index is -4.36. The van der Waals surface area contributed by atoms with Gasteiger partial charge in [-0.2, -0.15) is 4.57 Å². The number of non-ortho nitro benzene ring substituents is 2. The third-order valence-corrected chi connectivity index (χ3v) is 5.42. The maximum Gasteiger partial charge on any atom is 0.647 e. The van der Waals surface area contributed by atoms with Crippen molar-refractivity contribution in [1.82, 2.24) is 0 Å². The van der Waals surface area contributed by atoms with Crippen LogP contribution in [-0.4, -0.2) is 9.85 Å². The summed E-state index contributed by atoms with van der Waals surface area (Å²) in [7, 11) is -4.36. The molecule has 3 rings (SSSR count). The molecule has 0 radical (unpaired) electrons. The van der Waals surface area contributed by atoms with Gasteiger partial charge in [0.15, 0.2) is 0 Å². The summed E-state index contributed by atoms with van der Waals surface area (Å²) in [5, 5.41) is 21.7. The topological polar surface area (TPSA) is 131 Å². The lowest BCUT2D eigenvalue weighted by atomic mass is 10.1. The van der Waals surface area contributed by atoms with Gasteiger partial charge in [-0.1, -0.05) is 18.2 Å². The van der Waals surface area contributed by atoms with E-state index < -0.39 is 17.7 Å². The van der Waals surface area contributed by atoms with Gasteiger partial charge in [-0.05, 0) is 49.2 Å². The molecule has 0 fully saturated rings. The molecule has 10 nitrogen and oxygen atoms in total. The molecular formula is C20H17N2O8P. The van der Waals surface area contributed by atoms with Crippen molar-refractivity contribution in [3.05, 3.63) is 98.1 Å². The van der Waals surface area contributed by atoms with E-state index in [9.17, 15) is 24.8 Å². The Labute approximate surface area is 176 Å². The summed E-state index contributed by atoms with van der Waals surface area (Å²) in [5.41, 5.74) is 1.02. The molecule has 11 heteroatoms. The zero-order valence-electron chi connectivity index (χ0n) is 16.5. The average Bonchev–Trinajstić information content (AvgIpc) is 2.71. The van der Waals surface area contributed by atoms with Crippen LogP contribution in [0.3, 0.4) is 0 Å². The van der Waals surface area contributed by atoms with Crippen LogP contribution in [0.4, 0.5) is 11.4 Å². The molecule has 0 N–H and O–H groups in total. The highest BCUT2D eigenvalue weighted by Gasteiger charge is 2.34. The molecular weight excluding hydrogens is 427 g/mol. The molecule has 0 saturated heterocycles. The predicted octanol–water partition coefficient (Wildman–Crippen LogP) is 5.76. The molecule has 31 heavy (non-hydrogen) atoms. The first-order valence-electron chi connectivity index (χ1n) is 8.91. The predicted molar refractivity (Wildman–Crippen MR) is 112 cm³/mol. The van der Waals surface area contributed by atoms with Crippen molar-refractivity contribution in [2.45, 2.75) is 13.8 Å². The normalized spacial score (nSPS) is 10.9. The Balaban J connectivity index is 1.94. The zero-order valence-corrected chi connectivity index (χ0v) is 17.4. The van der Waals surface area contributed by atoms with E-state index in [0.717, 1.165) is 0 Å². The van der Waals surface area contributed by atoms with Gasteiger partial charge in [0.25, 0.3) is 11.4 Å². The van der Waals surface area contributed by atoms with Crippen molar-refractivity contribution in [3.63, 3.8) is 0 Å². The maximum absolute atomic E-state index is 13.5. The van der Waals surface area contributed by atoms with E-state index in [2.05, 4.69) is 0 Å². The van der Waals surface area contributed by atoms with Crippen molar-refractivity contribution in [2.24, 2.45) is 0 Å². The standard InChI is InChI=1S/C20H17N2O8P/c1-14-4-3-5-15(2)20(14)30-31(27,28-18-10-6-16(7-11-18)21(23)24)29-19-12-8-17(9-13-19)22(25)26/h3-13H,1-2H3. The van der Waals surface area contributed by atoms with E-state index in [1.807, 2.05) is 0 Å². The van der Waals surface area contributed by atoms with E-state index in [1.165, 1.54) is 48.5 Å². The molecule has 0 aromatic heterocycles. The number of rotatable bonds is 8. The van der Waals surface area contributed by atoms with Gasteiger partial charge in [0.05, 0.1) is 9.85 Å². The molecule has 0 spiro atoms. The Bertz CT molecular complexity index is 1080. The molecule has 3 aromatic carbocycles. The third kappa shape index (κ3) is 5.37. The van der Waals surface area contributed by atoms with Crippen LogP contribution in [0.2, 0.25) is 0 Å². The second-order valence-electron chi connectivity index (χ2n) is 6.44. The number of phosphoric acid groups is 1. The molecule has 0 aliphatic carbocycles. The number of para-hydroxylation sites is 1.